The first-order valence-corrected chi connectivity index (χ1v) is 5.65. The fraction of sp³-hybridized carbons (Fsp3) is 1.00. The van der Waals surface area contributed by atoms with Crippen LogP contribution in [0, 0.1) is 0 Å². The van der Waals surface area contributed by atoms with Gasteiger partial charge in [-0.15, -0.1) is 0 Å². The summed E-state index contributed by atoms with van der Waals surface area (Å²) in [6.07, 6.45) is 1.91. The monoisotopic (exact) mass is 178 g/mol. The van der Waals surface area contributed by atoms with Gasteiger partial charge in [0.2, 0.25) is 0 Å². The van der Waals surface area contributed by atoms with Crippen molar-refractivity contribution in [2.24, 2.45) is 0 Å². The molecule has 3 nitrogen and oxygen atoms in total. The molecule has 1 heterocycles. The molecule has 0 bridgehead atoms. The molecule has 0 spiro atoms. The Morgan fingerprint density at radius 1 is 1.18 bits per heavy atom. The van der Waals surface area contributed by atoms with Gasteiger partial charge < -0.3 is 9.05 Å². The van der Waals surface area contributed by atoms with E-state index in [1.165, 1.54) is 0 Å². The van der Waals surface area contributed by atoms with E-state index in [1.54, 1.807) is 0 Å². The van der Waals surface area contributed by atoms with E-state index in [9.17, 15) is 4.57 Å². The van der Waals surface area contributed by atoms with Crippen molar-refractivity contribution in [2.75, 3.05) is 13.2 Å². The van der Waals surface area contributed by atoms with Crippen LogP contribution < -0.4 is 0 Å². The van der Waals surface area contributed by atoms with Gasteiger partial charge in [-0.05, 0) is 12.8 Å². The van der Waals surface area contributed by atoms with Gasteiger partial charge in [-0.1, -0.05) is 13.8 Å². The van der Waals surface area contributed by atoms with Crippen LogP contribution in [0.3, 0.4) is 0 Å². The van der Waals surface area contributed by atoms with Crippen molar-refractivity contribution < 1.29 is 13.6 Å². The Bertz CT molecular complexity index is 155. The lowest BCUT2D eigenvalue weighted by atomic mass is 10.3. The highest BCUT2D eigenvalue weighted by Crippen LogP contribution is 2.53. The molecule has 0 aromatic heterocycles. The summed E-state index contributed by atoms with van der Waals surface area (Å²) in [7, 11) is -2.73. The molecule has 0 unspecified atom stereocenters. The maximum Gasteiger partial charge on any atom is 0.333 e. The highest BCUT2D eigenvalue weighted by molar-refractivity contribution is 7.54. The summed E-state index contributed by atoms with van der Waals surface area (Å²) in [6.45, 7) is 4.89. The number of rotatable bonds is 1. The molecular weight excluding hydrogens is 163 g/mol. The fourth-order valence-corrected chi connectivity index (χ4v) is 2.36. The standard InChI is InChI=1S/C7H15O3P/c1-7(2)11(8)9-5-3-4-6-10-11/h7H,3-6H2,1-2H3. The first-order chi connectivity index (χ1) is 5.15. The van der Waals surface area contributed by atoms with Crippen molar-refractivity contribution in [3.63, 3.8) is 0 Å². The predicted octanol–water partition coefficient (Wildman–Crippen LogP) is 2.41. The van der Waals surface area contributed by atoms with E-state index in [4.69, 9.17) is 9.05 Å². The zero-order valence-electron chi connectivity index (χ0n) is 7.08. The van der Waals surface area contributed by atoms with Crippen LogP contribution in [0.4, 0.5) is 0 Å². The molecule has 0 radical (unpaired) electrons. The zero-order chi connectivity index (χ0) is 8.32. The van der Waals surface area contributed by atoms with Crippen molar-refractivity contribution in [3.8, 4) is 0 Å². The lowest BCUT2D eigenvalue weighted by molar-refractivity contribution is 0.233. The van der Waals surface area contributed by atoms with Gasteiger partial charge in [0.15, 0.2) is 0 Å². The highest BCUT2D eigenvalue weighted by atomic mass is 31.2. The van der Waals surface area contributed by atoms with Gasteiger partial charge in [-0.25, -0.2) is 0 Å². The summed E-state index contributed by atoms with van der Waals surface area (Å²) in [6, 6.07) is 0. The lowest BCUT2D eigenvalue weighted by Gasteiger charge is -2.18. The molecule has 11 heavy (non-hydrogen) atoms. The molecule has 1 rings (SSSR count). The second-order valence-corrected chi connectivity index (χ2v) is 5.64. The SMILES string of the molecule is CC(C)P1(=O)OCCCCO1. The van der Waals surface area contributed by atoms with Gasteiger partial charge in [-0.3, -0.25) is 4.57 Å². The third kappa shape index (κ3) is 2.29. The van der Waals surface area contributed by atoms with Crippen molar-refractivity contribution >= 4 is 7.60 Å². The third-order valence-corrected chi connectivity index (χ3v) is 4.06. The van der Waals surface area contributed by atoms with Crippen LogP contribution in [0.15, 0.2) is 0 Å². The average molecular weight is 178 g/mol. The van der Waals surface area contributed by atoms with Gasteiger partial charge >= 0.3 is 7.60 Å². The van der Waals surface area contributed by atoms with Gasteiger partial charge in [0, 0.05) is 0 Å². The molecule has 66 valence electrons. The molecule has 0 N–H and O–H groups in total. The fourth-order valence-electron chi connectivity index (χ4n) is 0.923. The molecule has 1 saturated heterocycles. The van der Waals surface area contributed by atoms with Gasteiger partial charge in [0.25, 0.3) is 0 Å². The maximum absolute atomic E-state index is 11.7. The van der Waals surface area contributed by atoms with Crippen molar-refractivity contribution in [3.05, 3.63) is 0 Å². The summed E-state index contributed by atoms with van der Waals surface area (Å²) in [4.78, 5) is 0. The van der Waals surface area contributed by atoms with Crippen molar-refractivity contribution in [1.82, 2.24) is 0 Å². The van der Waals surface area contributed by atoms with E-state index < -0.39 is 7.60 Å². The molecular formula is C7H15O3P. The average Bonchev–Trinajstić information content (AvgIpc) is 2.15. The van der Waals surface area contributed by atoms with E-state index >= 15 is 0 Å². The van der Waals surface area contributed by atoms with E-state index in [0.29, 0.717) is 13.2 Å². The molecule has 0 aliphatic carbocycles. The smallest absolute Gasteiger partial charge is 0.308 e. The zero-order valence-corrected chi connectivity index (χ0v) is 7.97. The van der Waals surface area contributed by atoms with E-state index in [-0.39, 0.29) is 5.66 Å². The summed E-state index contributed by atoms with van der Waals surface area (Å²) >= 11 is 0. The minimum Gasteiger partial charge on any atom is -0.308 e. The Hall–Kier alpha value is 0.150. The topological polar surface area (TPSA) is 35.5 Å². The first-order valence-electron chi connectivity index (χ1n) is 4.04. The minimum atomic E-state index is -2.73. The van der Waals surface area contributed by atoms with Crippen molar-refractivity contribution in [2.45, 2.75) is 32.3 Å². The molecule has 0 amide bonds. The molecule has 1 fully saturated rings. The molecule has 4 heteroatoms. The Labute approximate surface area is 67.6 Å². The molecule has 0 aromatic carbocycles. The molecule has 0 saturated carbocycles. The molecule has 0 aromatic rings. The van der Waals surface area contributed by atoms with E-state index in [2.05, 4.69) is 0 Å². The van der Waals surface area contributed by atoms with Crippen LogP contribution in [0.25, 0.3) is 0 Å². The Kier molecular flexibility index (Phi) is 3.11. The van der Waals surface area contributed by atoms with Crippen LogP contribution in [0.1, 0.15) is 26.7 Å². The molecule has 0 atom stereocenters. The van der Waals surface area contributed by atoms with Gasteiger partial charge in [0.05, 0.1) is 18.9 Å². The maximum atomic E-state index is 11.7. The van der Waals surface area contributed by atoms with Crippen LogP contribution in [0.2, 0.25) is 0 Å². The third-order valence-electron chi connectivity index (χ3n) is 1.71. The first kappa shape index (κ1) is 9.24. The Morgan fingerprint density at radius 3 is 2.00 bits per heavy atom. The van der Waals surface area contributed by atoms with E-state index in [0.717, 1.165) is 12.8 Å². The van der Waals surface area contributed by atoms with Crippen LogP contribution in [0.5, 0.6) is 0 Å². The van der Waals surface area contributed by atoms with Gasteiger partial charge in [0.1, 0.15) is 0 Å². The summed E-state index contributed by atoms with van der Waals surface area (Å²) in [5.74, 6) is 0. The molecule has 1 aliphatic heterocycles. The van der Waals surface area contributed by atoms with Crippen LogP contribution in [-0.4, -0.2) is 18.9 Å². The number of hydrogen-bond donors (Lipinski definition) is 0. The minimum absolute atomic E-state index is 0.0133. The van der Waals surface area contributed by atoms with E-state index in [1.807, 2.05) is 13.8 Å². The highest BCUT2D eigenvalue weighted by Gasteiger charge is 2.30. The lowest BCUT2D eigenvalue weighted by Crippen LogP contribution is -2.03. The predicted molar refractivity (Wildman–Crippen MR) is 43.9 cm³/mol. The largest absolute Gasteiger partial charge is 0.333 e. The quantitative estimate of drug-likeness (QED) is 0.578. The Morgan fingerprint density at radius 2 is 1.64 bits per heavy atom. The molecule has 1 aliphatic rings. The summed E-state index contributed by atoms with van der Waals surface area (Å²) in [5, 5.41) is 0. The van der Waals surface area contributed by atoms with Crippen molar-refractivity contribution in [1.29, 1.82) is 0 Å². The normalized spacial score (nSPS) is 25.0. The number of hydrogen-bond acceptors (Lipinski definition) is 3. The van der Waals surface area contributed by atoms with Gasteiger partial charge in [-0.2, -0.15) is 0 Å². The van der Waals surface area contributed by atoms with Crippen LogP contribution >= 0.6 is 7.60 Å². The van der Waals surface area contributed by atoms with Crippen LogP contribution in [-0.2, 0) is 13.6 Å². The second kappa shape index (κ2) is 3.70. The second-order valence-electron chi connectivity index (χ2n) is 3.01. The summed E-state index contributed by atoms with van der Waals surface area (Å²) < 4.78 is 22.1. The Balaban J connectivity index is 2.60. The summed E-state index contributed by atoms with van der Waals surface area (Å²) in [5.41, 5.74) is -0.0133.